The Labute approximate surface area is 142 Å². The van der Waals surface area contributed by atoms with Crippen LogP contribution in [-0.4, -0.2) is 45.5 Å². The van der Waals surface area contributed by atoms with Crippen molar-refractivity contribution in [2.24, 2.45) is 11.7 Å². The van der Waals surface area contributed by atoms with Gasteiger partial charge in [-0.2, -0.15) is 0 Å². The molecule has 0 aromatic heterocycles. The molecule has 126 valence electrons. The highest BCUT2D eigenvalue weighted by molar-refractivity contribution is 8.76. The first-order valence-electron chi connectivity index (χ1n) is 6.86. The Morgan fingerprint density at radius 2 is 1.61 bits per heavy atom. The molecule has 23 heavy (non-hydrogen) atoms. The van der Waals surface area contributed by atoms with Gasteiger partial charge in [0, 0.05) is 23.5 Å². The molecule has 1 aromatic carbocycles. The molecule has 0 amide bonds. The molecule has 2 atom stereocenters. The second-order valence-electron chi connectivity index (χ2n) is 5.04. The summed E-state index contributed by atoms with van der Waals surface area (Å²) in [6.07, 6.45) is -0.0864. The number of aryl methyl sites for hydroxylation is 1. The second-order valence-corrected chi connectivity index (χ2v) is 7.59. The summed E-state index contributed by atoms with van der Waals surface area (Å²) in [5.41, 5.74) is 6.88. The number of benzene rings is 1. The number of carboxylic acids is 2. The summed E-state index contributed by atoms with van der Waals surface area (Å²) in [4.78, 5) is 34.0. The number of aliphatic carboxylic acids is 2. The molecule has 0 saturated heterocycles. The van der Waals surface area contributed by atoms with Crippen LogP contribution in [-0.2, 0) is 9.59 Å². The van der Waals surface area contributed by atoms with Gasteiger partial charge >= 0.3 is 11.9 Å². The maximum absolute atomic E-state index is 12.1. The van der Waals surface area contributed by atoms with E-state index in [2.05, 4.69) is 0 Å². The predicted octanol–water partition coefficient (Wildman–Crippen LogP) is 2.06. The number of ketones is 1. The lowest BCUT2D eigenvalue weighted by molar-refractivity contribution is -0.141. The van der Waals surface area contributed by atoms with Crippen molar-refractivity contribution in [1.29, 1.82) is 0 Å². The fourth-order valence-corrected chi connectivity index (χ4v) is 4.04. The Hall–Kier alpha value is -1.51. The van der Waals surface area contributed by atoms with E-state index in [1.54, 1.807) is 24.3 Å². The second kappa shape index (κ2) is 9.59. The summed E-state index contributed by atoms with van der Waals surface area (Å²) in [6, 6.07) is 6.00. The van der Waals surface area contributed by atoms with Crippen LogP contribution in [0.3, 0.4) is 0 Å². The lowest BCUT2D eigenvalue weighted by Crippen LogP contribution is -2.32. The van der Waals surface area contributed by atoms with E-state index < -0.39 is 23.9 Å². The van der Waals surface area contributed by atoms with Crippen LogP contribution < -0.4 is 5.73 Å². The van der Waals surface area contributed by atoms with Crippen LogP contribution in [0, 0.1) is 12.8 Å². The third-order valence-electron chi connectivity index (χ3n) is 3.07. The van der Waals surface area contributed by atoms with Gasteiger partial charge in [-0.05, 0) is 6.92 Å². The fourth-order valence-electron chi connectivity index (χ4n) is 1.62. The van der Waals surface area contributed by atoms with E-state index >= 15 is 0 Å². The SMILES string of the molecule is Cc1ccc(C(=O)CC(CSSCC(N)C(=O)O)C(=O)O)cc1. The molecule has 4 N–H and O–H groups in total. The molecule has 0 aliphatic carbocycles. The van der Waals surface area contributed by atoms with Crippen LogP contribution >= 0.6 is 21.6 Å². The van der Waals surface area contributed by atoms with Gasteiger partial charge in [0.2, 0.25) is 0 Å². The van der Waals surface area contributed by atoms with Crippen LogP contribution in [0.1, 0.15) is 22.3 Å². The van der Waals surface area contributed by atoms with Crippen molar-refractivity contribution in [2.45, 2.75) is 19.4 Å². The van der Waals surface area contributed by atoms with E-state index in [9.17, 15) is 19.5 Å². The predicted molar refractivity (Wildman–Crippen MR) is 91.8 cm³/mol. The van der Waals surface area contributed by atoms with Gasteiger partial charge in [-0.3, -0.25) is 14.4 Å². The maximum Gasteiger partial charge on any atom is 0.321 e. The highest BCUT2D eigenvalue weighted by Gasteiger charge is 2.22. The molecule has 2 unspecified atom stereocenters. The molecule has 0 saturated carbocycles. The first kappa shape index (κ1) is 19.5. The summed E-state index contributed by atoms with van der Waals surface area (Å²) in [7, 11) is 2.41. The van der Waals surface area contributed by atoms with Crippen LogP contribution in [0.4, 0.5) is 0 Å². The Bertz CT molecular complexity index is 561. The van der Waals surface area contributed by atoms with Crippen molar-refractivity contribution in [3.8, 4) is 0 Å². The number of nitrogens with two attached hydrogens (primary N) is 1. The summed E-state index contributed by atoms with van der Waals surface area (Å²) in [5, 5.41) is 17.9. The van der Waals surface area contributed by atoms with Gasteiger partial charge in [-0.1, -0.05) is 51.4 Å². The lowest BCUT2D eigenvalue weighted by Gasteiger charge is -2.12. The van der Waals surface area contributed by atoms with E-state index in [0.29, 0.717) is 5.56 Å². The normalized spacial score (nSPS) is 13.3. The minimum absolute atomic E-state index is 0.0864. The zero-order valence-corrected chi connectivity index (χ0v) is 14.2. The zero-order chi connectivity index (χ0) is 17.4. The van der Waals surface area contributed by atoms with Crippen molar-refractivity contribution in [3.05, 3.63) is 35.4 Å². The third kappa shape index (κ3) is 7.06. The maximum atomic E-state index is 12.1. The van der Waals surface area contributed by atoms with E-state index in [1.807, 2.05) is 6.92 Å². The highest BCUT2D eigenvalue weighted by atomic mass is 33.1. The van der Waals surface area contributed by atoms with Crippen LogP contribution in [0.15, 0.2) is 24.3 Å². The number of Topliss-reactive ketones (excluding diaryl/α,β-unsaturated/α-hetero) is 1. The molecule has 0 aliphatic rings. The molecular formula is C15H19NO5S2. The Morgan fingerprint density at radius 3 is 2.13 bits per heavy atom. The Kier molecular flexibility index (Phi) is 8.15. The number of hydrogen-bond donors (Lipinski definition) is 3. The minimum atomic E-state index is -1.09. The molecule has 8 heteroatoms. The standard InChI is InChI=1S/C15H19NO5S2/c1-9-2-4-10(5-3-9)13(17)6-11(14(18)19)7-22-23-8-12(16)15(20)21/h2-5,11-12H,6-8,16H2,1H3,(H,18,19)(H,20,21). The lowest BCUT2D eigenvalue weighted by atomic mass is 9.99. The fraction of sp³-hybridized carbons (Fsp3) is 0.400. The molecule has 1 rings (SSSR count). The van der Waals surface area contributed by atoms with E-state index in [1.165, 1.54) is 21.6 Å². The van der Waals surface area contributed by atoms with Gasteiger partial charge in [0.1, 0.15) is 6.04 Å². The van der Waals surface area contributed by atoms with E-state index in [-0.39, 0.29) is 23.7 Å². The Balaban J connectivity index is 2.49. The number of rotatable bonds is 10. The van der Waals surface area contributed by atoms with Crippen LogP contribution in [0.2, 0.25) is 0 Å². The molecule has 0 bridgehead atoms. The number of carboxylic acid groups (broad SMARTS) is 2. The molecular weight excluding hydrogens is 338 g/mol. The molecule has 0 spiro atoms. The minimum Gasteiger partial charge on any atom is -0.481 e. The smallest absolute Gasteiger partial charge is 0.321 e. The first-order valence-corrected chi connectivity index (χ1v) is 9.35. The molecule has 6 nitrogen and oxygen atoms in total. The van der Waals surface area contributed by atoms with Gasteiger partial charge in [-0.25, -0.2) is 0 Å². The number of carbonyl (C=O) groups excluding carboxylic acids is 1. The number of hydrogen-bond acceptors (Lipinski definition) is 6. The van der Waals surface area contributed by atoms with Gasteiger partial charge in [0.25, 0.3) is 0 Å². The van der Waals surface area contributed by atoms with Gasteiger partial charge in [0.15, 0.2) is 5.78 Å². The molecule has 0 heterocycles. The largest absolute Gasteiger partial charge is 0.481 e. The van der Waals surface area contributed by atoms with E-state index in [0.717, 1.165) is 5.56 Å². The van der Waals surface area contributed by atoms with Gasteiger partial charge in [-0.15, -0.1) is 0 Å². The van der Waals surface area contributed by atoms with Crippen molar-refractivity contribution >= 4 is 39.3 Å². The van der Waals surface area contributed by atoms with Crippen LogP contribution in [0.25, 0.3) is 0 Å². The molecule has 0 radical (unpaired) electrons. The van der Waals surface area contributed by atoms with Crippen molar-refractivity contribution in [1.82, 2.24) is 0 Å². The van der Waals surface area contributed by atoms with Crippen molar-refractivity contribution in [2.75, 3.05) is 11.5 Å². The third-order valence-corrected chi connectivity index (χ3v) is 5.59. The summed E-state index contributed by atoms with van der Waals surface area (Å²) >= 11 is 0. The topological polar surface area (TPSA) is 118 Å². The van der Waals surface area contributed by atoms with E-state index in [4.69, 9.17) is 10.8 Å². The first-order chi connectivity index (χ1) is 10.8. The molecule has 0 fully saturated rings. The van der Waals surface area contributed by atoms with Crippen LogP contribution in [0.5, 0.6) is 0 Å². The Morgan fingerprint density at radius 1 is 1.04 bits per heavy atom. The van der Waals surface area contributed by atoms with Crippen molar-refractivity contribution < 1.29 is 24.6 Å². The highest BCUT2D eigenvalue weighted by Crippen LogP contribution is 2.26. The quantitative estimate of drug-likeness (QED) is 0.331. The average Bonchev–Trinajstić information content (AvgIpc) is 2.50. The molecule has 1 aromatic rings. The zero-order valence-electron chi connectivity index (χ0n) is 12.6. The summed E-state index contributed by atoms with van der Waals surface area (Å²) < 4.78 is 0. The summed E-state index contributed by atoms with van der Waals surface area (Å²) in [6.45, 7) is 1.91. The average molecular weight is 357 g/mol. The molecule has 0 aliphatic heterocycles. The number of carbonyl (C=O) groups is 3. The summed E-state index contributed by atoms with van der Waals surface area (Å²) in [5.74, 6) is -2.78. The van der Waals surface area contributed by atoms with Gasteiger partial charge < -0.3 is 15.9 Å². The monoisotopic (exact) mass is 357 g/mol. The van der Waals surface area contributed by atoms with Crippen molar-refractivity contribution in [3.63, 3.8) is 0 Å². The van der Waals surface area contributed by atoms with Gasteiger partial charge in [0.05, 0.1) is 5.92 Å².